The van der Waals surface area contributed by atoms with Crippen molar-refractivity contribution in [3.05, 3.63) is 53.9 Å². The number of nitrogens with zero attached hydrogens (tertiary/aromatic N) is 3. The van der Waals surface area contributed by atoms with Crippen molar-refractivity contribution in [1.29, 1.82) is 0 Å². The van der Waals surface area contributed by atoms with Crippen molar-refractivity contribution in [3.63, 3.8) is 0 Å². The average molecular weight is 469 g/mol. The van der Waals surface area contributed by atoms with E-state index >= 15 is 0 Å². The summed E-state index contributed by atoms with van der Waals surface area (Å²) in [5.41, 5.74) is 1.51. The quantitative estimate of drug-likeness (QED) is 0.391. The van der Waals surface area contributed by atoms with Gasteiger partial charge in [0.15, 0.2) is 0 Å². The molecule has 0 saturated heterocycles. The maximum Gasteiger partial charge on any atom is 0.325 e. The Kier molecular flexibility index (Phi) is 8.44. The first-order valence-electron chi connectivity index (χ1n) is 10.5. The molecule has 1 aromatic heterocycles. The third-order valence-corrected chi connectivity index (χ3v) is 5.05. The molecule has 2 aromatic carbocycles. The lowest BCUT2D eigenvalue weighted by atomic mass is 10.1. The van der Waals surface area contributed by atoms with Crippen LogP contribution in [0.4, 0.5) is 0 Å². The van der Waals surface area contributed by atoms with Gasteiger partial charge in [0.25, 0.3) is 0 Å². The van der Waals surface area contributed by atoms with Crippen LogP contribution in [0.15, 0.2) is 47.0 Å². The molecule has 10 nitrogen and oxygen atoms in total. The number of rotatable bonds is 11. The highest BCUT2D eigenvalue weighted by Crippen LogP contribution is 2.24. The van der Waals surface area contributed by atoms with E-state index in [1.165, 1.54) is 12.0 Å². The molecule has 0 radical (unpaired) electrons. The smallest absolute Gasteiger partial charge is 0.325 e. The first kappa shape index (κ1) is 24.6. The summed E-state index contributed by atoms with van der Waals surface area (Å²) < 4.78 is 25.8. The van der Waals surface area contributed by atoms with E-state index in [4.69, 9.17) is 23.5 Å². The number of benzene rings is 2. The minimum atomic E-state index is -0.525. The molecule has 0 aliphatic rings. The first-order chi connectivity index (χ1) is 16.4. The fraction of sp³-hybridized carbons (Fsp3) is 0.333. The number of methoxy groups -OCH3 is 4. The third-order valence-electron chi connectivity index (χ3n) is 5.05. The summed E-state index contributed by atoms with van der Waals surface area (Å²) in [5, 5.41) is 3.98. The Morgan fingerprint density at radius 3 is 2.15 bits per heavy atom. The molecule has 1 amide bonds. The van der Waals surface area contributed by atoms with E-state index in [1.807, 2.05) is 12.1 Å². The highest BCUT2D eigenvalue weighted by Gasteiger charge is 2.20. The summed E-state index contributed by atoms with van der Waals surface area (Å²) >= 11 is 0. The number of carbonyl (C=O) groups is 2. The zero-order chi connectivity index (χ0) is 24.5. The van der Waals surface area contributed by atoms with Gasteiger partial charge in [-0.3, -0.25) is 9.59 Å². The Labute approximate surface area is 197 Å². The van der Waals surface area contributed by atoms with Gasteiger partial charge in [-0.25, -0.2) is 0 Å². The summed E-state index contributed by atoms with van der Waals surface area (Å²) in [6, 6.07) is 12.5. The number of ether oxygens (including phenoxy) is 4. The molecule has 0 bridgehead atoms. The van der Waals surface area contributed by atoms with Gasteiger partial charge in [0.1, 0.15) is 23.8 Å². The monoisotopic (exact) mass is 469 g/mol. The second-order valence-electron chi connectivity index (χ2n) is 7.29. The average Bonchev–Trinajstić information content (AvgIpc) is 3.35. The zero-order valence-electron chi connectivity index (χ0n) is 19.6. The van der Waals surface area contributed by atoms with Crippen molar-refractivity contribution in [1.82, 2.24) is 15.0 Å². The Morgan fingerprint density at radius 1 is 0.912 bits per heavy atom. The Bertz CT molecular complexity index is 1090. The van der Waals surface area contributed by atoms with Crippen molar-refractivity contribution in [2.75, 3.05) is 35.0 Å². The second kappa shape index (κ2) is 11.7. The molecular weight excluding hydrogens is 442 g/mol. The van der Waals surface area contributed by atoms with Crippen LogP contribution in [0.1, 0.15) is 17.9 Å². The summed E-state index contributed by atoms with van der Waals surface area (Å²) in [4.78, 5) is 30.7. The molecule has 3 aromatic rings. The van der Waals surface area contributed by atoms with Crippen LogP contribution in [0.5, 0.6) is 17.2 Å². The lowest BCUT2D eigenvalue weighted by molar-refractivity contribution is -0.147. The summed E-state index contributed by atoms with van der Waals surface area (Å²) in [7, 11) is 5.95. The zero-order valence-corrected chi connectivity index (χ0v) is 19.6. The van der Waals surface area contributed by atoms with Crippen LogP contribution >= 0.6 is 0 Å². The number of aromatic nitrogens is 2. The van der Waals surface area contributed by atoms with E-state index in [9.17, 15) is 9.59 Å². The molecule has 180 valence electrons. The Hall–Kier alpha value is -4.08. The maximum atomic E-state index is 13.0. The number of hydrogen-bond acceptors (Lipinski definition) is 9. The predicted octanol–water partition coefficient (Wildman–Crippen LogP) is 2.90. The van der Waals surface area contributed by atoms with E-state index in [0.717, 1.165) is 16.9 Å². The molecule has 0 aliphatic carbocycles. The Morgan fingerprint density at radius 2 is 1.56 bits per heavy atom. The molecule has 3 rings (SSSR count). The van der Waals surface area contributed by atoms with Crippen LogP contribution in [-0.2, 0) is 27.3 Å². The molecule has 0 N–H and O–H groups in total. The van der Waals surface area contributed by atoms with Crippen LogP contribution in [0.25, 0.3) is 11.4 Å². The van der Waals surface area contributed by atoms with Gasteiger partial charge in [0.2, 0.25) is 17.6 Å². The van der Waals surface area contributed by atoms with Gasteiger partial charge >= 0.3 is 5.97 Å². The van der Waals surface area contributed by atoms with Gasteiger partial charge in [-0.1, -0.05) is 5.16 Å². The normalized spacial score (nSPS) is 10.5. The highest BCUT2D eigenvalue weighted by molar-refractivity contribution is 5.82. The van der Waals surface area contributed by atoms with Crippen LogP contribution < -0.4 is 14.2 Å². The molecule has 0 spiro atoms. The minimum absolute atomic E-state index is 0.0718. The SMILES string of the molecule is COC(=O)CN(Cc1cc(OC)cc(OC)c1)C(=O)CCc1nc(-c2ccc(OC)cc2)no1. The predicted molar refractivity (Wildman–Crippen MR) is 122 cm³/mol. The largest absolute Gasteiger partial charge is 0.497 e. The fourth-order valence-corrected chi connectivity index (χ4v) is 3.22. The number of aryl methyl sites for hydroxylation is 1. The van der Waals surface area contributed by atoms with Crippen molar-refractivity contribution in [2.45, 2.75) is 19.4 Å². The van der Waals surface area contributed by atoms with Crippen LogP contribution in [0, 0.1) is 0 Å². The lowest BCUT2D eigenvalue weighted by Gasteiger charge is -2.22. The third kappa shape index (κ3) is 6.47. The minimum Gasteiger partial charge on any atom is -0.497 e. The van der Waals surface area contributed by atoms with Crippen molar-refractivity contribution < 1.29 is 33.1 Å². The van der Waals surface area contributed by atoms with E-state index in [-0.39, 0.29) is 31.8 Å². The highest BCUT2D eigenvalue weighted by atomic mass is 16.5. The van der Waals surface area contributed by atoms with Gasteiger partial charge in [-0.2, -0.15) is 4.98 Å². The fourth-order valence-electron chi connectivity index (χ4n) is 3.22. The maximum absolute atomic E-state index is 13.0. The second-order valence-corrected chi connectivity index (χ2v) is 7.29. The molecule has 10 heteroatoms. The van der Waals surface area contributed by atoms with Crippen molar-refractivity contribution in [3.8, 4) is 28.6 Å². The van der Waals surface area contributed by atoms with Crippen LogP contribution in [0.2, 0.25) is 0 Å². The van der Waals surface area contributed by atoms with Crippen molar-refractivity contribution in [2.24, 2.45) is 0 Å². The summed E-state index contributed by atoms with van der Waals surface area (Å²) in [5.74, 6) is 1.82. The van der Waals surface area contributed by atoms with E-state index in [0.29, 0.717) is 23.2 Å². The van der Waals surface area contributed by atoms with Gasteiger partial charge in [0.05, 0.1) is 28.4 Å². The van der Waals surface area contributed by atoms with Crippen LogP contribution in [-0.4, -0.2) is 61.9 Å². The van der Waals surface area contributed by atoms with E-state index in [1.54, 1.807) is 51.7 Å². The number of amides is 1. The summed E-state index contributed by atoms with van der Waals surface area (Å²) in [6.07, 6.45) is 0.295. The molecule has 0 fully saturated rings. The van der Waals surface area contributed by atoms with Gasteiger partial charge in [-0.05, 0) is 42.0 Å². The molecule has 34 heavy (non-hydrogen) atoms. The first-order valence-corrected chi connectivity index (χ1v) is 10.5. The molecule has 0 saturated carbocycles. The Balaban J connectivity index is 1.69. The molecule has 0 aliphatic heterocycles. The summed E-state index contributed by atoms with van der Waals surface area (Å²) in [6.45, 7) is -0.0295. The topological polar surface area (TPSA) is 113 Å². The van der Waals surface area contributed by atoms with Crippen molar-refractivity contribution >= 4 is 11.9 Å². The standard InChI is InChI=1S/C24H27N3O7/c1-30-18-7-5-17(6-8-18)24-25-21(34-26-24)9-10-22(28)27(15-23(29)33-4)14-16-11-19(31-2)13-20(12-16)32-3/h5-8,11-13H,9-10,14-15H2,1-4H3. The molecule has 1 heterocycles. The lowest BCUT2D eigenvalue weighted by Crippen LogP contribution is -2.36. The molecule has 0 atom stereocenters. The number of esters is 1. The number of hydrogen-bond donors (Lipinski definition) is 0. The molecule has 0 unspecified atom stereocenters. The number of carbonyl (C=O) groups excluding carboxylic acids is 2. The van der Waals surface area contributed by atoms with Crippen LogP contribution in [0.3, 0.4) is 0 Å². The van der Waals surface area contributed by atoms with Gasteiger partial charge in [-0.15, -0.1) is 0 Å². The van der Waals surface area contributed by atoms with E-state index in [2.05, 4.69) is 10.1 Å². The van der Waals surface area contributed by atoms with Gasteiger partial charge < -0.3 is 28.4 Å². The molecular formula is C24H27N3O7. The van der Waals surface area contributed by atoms with Gasteiger partial charge in [0, 0.05) is 31.0 Å². The van der Waals surface area contributed by atoms with E-state index < -0.39 is 5.97 Å².